The first-order chi connectivity index (χ1) is 9.34. The summed E-state index contributed by atoms with van der Waals surface area (Å²) in [4.78, 5) is 26.4. The van der Waals surface area contributed by atoms with Crippen LogP contribution in [0.1, 0.15) is 33.6 Å². The fraction of sp³-hybridized carbons (Fsp3) is 0.800. The number of amides is 2. The van der Waals surface area contributed by atoms with Crippen LogP contribution in [0.5, 0.6) is 0 Å². The van der Waals surface area contributed by atoms with Crippen LogP contribution in [-0.4, -0.2) is 36.3 Å². The molecule has 0 aromatic heterocycles. The maximum absolute atomic E-state index is 12.6. The molecule has 5 nitrogen and oxygen atoms in total. The average molecular weight is 277 g/mol. The molecule has 2 saturated heterocycles. The van der Waals surface area contributed by atoms with Gasteiger partial charge in [-0.1, -0.05) is 20.8 Å². The van der Waals surface area contributed by atoms with Crippen molar-refractivity contribution in [2.45, 2.75) is 33.6 Å². The van der Waals surface area contributed by atoms with Gasteiger partial charge in [-0.3, -0.25) is 9.59 Å². The minimum absolute atomic E-state index is 0.0381. The van der Waals surface area contributed by atoms with Gasteiger partial charge in [0.25, 0.3) is 0 Å². The van der Waals surface area contributed by atoms with Crippen molar-refractivity contribution in [1.29, 1.82) is 5.26 Å². The Morgan fingerprint density at radius 2 is 1.95 bits per heavy atom. The number of hydrogen-bond donors (Lipinski definition) is 1. The first kappa shape index (κ1) is 14.8. The summed E-state index contributed by atoms with van der Waals surface area (Å²) < 4.78 is 0. The van der Waals surface area contributed by atoms with Crippen molar-refractivity contribution < 1.29 is 9.59 Å². The van der Waals surface area contributed by atoms with Gasteiger partial charge in [-0.15, -0.1) is 0 Å². The van der Waals surface area contributed by atoms with Crippen molar-refractivity contribution in [3.05, 3.63) is 0 Å². The molecular formula is C15H23N3O2. The average Bonchev–Trinajstić information content (AvgIpc) is 2.80. The van der Waals surface area contributed by atoms with Crippen molar-refractivity contribution in [3.63, 3.8) is 0 Å². The topological polar surface area (TPSA) is 73.2 Å². The summed E-state index contributed by atoms with van der Waals surface area (Å²) in [6.45, 7) is 7.98. The second kappa shape index (κ2) is 5.43. The molecule has 0 radical (unpaired) electrons. The number of likely N-dealkylation sites (tertiary alicyclic amines) is 1. The summed E-state index contributed by atoms with van der Waals surface area (Å²) in [6, 6.07) is 2.26. The number of nitrogens with zero attached hydrogens (tertiary/aromatic N) is 2. The van der Waals surface area contributed by atoms with E-state index in [0.717, 1.165) is 12.8 Å². The normalized spacial score (nSPS) is 28.1. The van der Waals surface area contributed by atoms with E-state index in [4.69, 9.17) is 5.26 Å². The van der Waals surface area contributed by atoms with Crippen molar-refractivity contribution in [2.24, 2.45) is 23.2 Å². The number of nitrogens with one attached hydrogen (secondary N) is 1. The molecule has 2 fully saturated rings. The fourth-order valence-corrected chi connectivity index (χ4v) is 3.14. The molecule has 0 saturated carbocycles. The third kappa shape index (κ3) is 2.79. The van der Waals surface area contributed by atoms with E-state index in [2.05, 4.69) is 32.2 Å². The van der Waals surface area contributed by atoms with Gasteiger partial charge in [0.15, 0.2) is 0 Å². The Labute approximate surface area is 120 Å². The lowest BCUT2D eigenvalue weighted by molar-refractivity contribution is -0.144. The van der Waals surface area contributed by atoms with Crippen LogP contribution in [0.2, 0.25) is 0 Å². The van der Waals surface area contributed by atoms with E-state index in [1.807, 2.05) is 0 Å². The van der Waals surface area contributed by atoms with Gasteiger partial charge in [0.1, 0.15) is 5.92 Å². The van der Waals surface area contributed by atoms with Crippen LogP contribution in [0, 0.1) is 34.5 Å². The molecular weight excluding hydrogens is 254 g/mol. The molecule has 5 heteroatoms. The zero-order chi connectivity index (χ0) is 14.9. The second-order valence-corrected chi connectivity index (χ2v) is 6.92. The quantitative estimate of drug-likeness (QED) is 0.731. The molecule has 110 valence electrons. The van der Waals surface area contributed by atoms with Gasteiger partial charge >= 0.3 is 0 Å². The van der Waals surface area contributed by atoms with E-state index in [0.29, 0.717) is 19.6 Å². The summed E-state index contributed by atoms with van der Waals surface area (Å²) >= 11 is 0. The Kier molecular flexibility index (Phi) is 4.03. The lowest BCUT2D eigenvalue weighted by atomic mass is 9.74. The Bertz CT molecular complexity index is 439. The van der Waals surface area contributed by atoms with Crippen molar-refractivity contribution >= 4 is 11.8 Å². The monoisotopic (exact) mass is 277 g/mol. The van der Waals surface area contributed by atoms with Crippen LogP contribution in [-0.2, 0) is 9.59 Å². The lowest BCUT2D eigenvalue weighted by Crippen LogP contribution is -2.46. The molecule has 2 rings (SSSR count). The highest BCUT2D eigenvalue weighted by atomic mass is 16.2. The van der Waals surface area contributed by atoms with Crippen LogP contribution in [0.25, 0.3) is 0 Å². The molecule has 0 aromatic carbocycles. The number of nitriles is 1. The van der Waals surface area contributed by atoms with Crippen LogP contribution in [0.4, 0.5) is 0 Å². The molecule has 0 bridgehead atoms. The standard InChI is InChI=1S/C15H23N3O2/c1-15(2,3)11-9-17-13(19)12(11)14(20)18-6-4-10(8-16)5-7-18/h10-12H,4-7,9H2,1-3H3,(H,17,19). The molecule has 20 heavy (non-hydrogen) atoms. The Hall–Kier alpha value is -1.57. The van der Waals surface area contributed by atoms with E-state index in [1.54, 1.807) is 4.90 Å². The van der Waals surface area contributed by atoms with Crippen molar-refractivity contribution in [2.75, 3.05) is 19.6 Å². The molecule has 0 aromatic rings. The summed E-state index contributed by atoms with van der Waals surface area (Å²) in [5.74, 6) is -0.673. The van der Waals surface area contributed by atoms with Crippen LogP contribution in [0.3, 0.4) is 0 Å². The third-order valence-corrected chi connectivity index (χ3v) is 4.55. The summed E-state index contributed by atoms with van der Waals surface area (Å²) in [5.41, 5.74) is -0.0789. The first-order valence-electron chi connectivity index (χ1n) is 7.30. The Balaban J connectivity index is 2.08. The minimum atomic E-state index is -0.561. The lowest BCUT2D eigenvalue weighted by Gasteiger charge is -2.35. The smallest absolute Gasteiger partial charge is 0.235 e. The highest BCUT2D eigenvalue weighted by Gasteiger charge is 2.47. The summed E-state index contributed by atoms with van der Waals surface area (Å²) in [6.07, 6.45) is 1.44. The number of carbonyl (C=O) groups is 2. The third-order valence-electron chi connectivity index (χ3n) is 4.55. The van der Waals surface area contributed by atoms with Crippen LogP contribution < -0.4 is 5.32 Å². The second-order valence-electron chi connectivity index (χ2n) is 6.92. The van der Waals surface area contributed by atoms with Crippen molar-refractivity contribution in [3.8, 4) is 6.07 Å². The van der Waals surface area contributed by atoms with Gasteiger partial charge in [-0.05, 0) is 18.3 Å². The predicted octanol–water partition coefficient (Wildman–Crippen LogP) is 1.16. The Morgan fingerprint density at radius 3 is 2.45 bits per heavy atom. The van der Waals surface area contributed by atoms with Gasteiger partial charge in [-0.25, -0.2) is 0 Å². The molecule has 2 atom stereocenters. The molecule has 2 unspecified atom stereocenters. The highest BCUT2D eigenvalue weighted by molar-refractivity contribution is 6.02. The molecule has 2 aliphatic heterocycles. The maximum atomic E-state index is 12.6. The SMILES string of the molecule is CC(C)(C)C1CNC(=O)C1C(=O)N1CCC(C#N)CC1. The zero-order valence-electron chi connectivity index (χ0n) is 12.5. The van der Waals surface area contributed by atoms with Gasteiger partial charge in [0, 0.05) is 31.5 Å². The first-order valence-corrected chi connectivity index (χ1v) is 7.30. The highest BCUT2D eigenvalue weighted by Crippen LogP contribution is 2.36. The molecule has 2 amide bonds. The number of hydrogen-bond acceptors (Lipinski definition) is 3. The van der Waals surface area contributed by atoms with Gasteiger partial charge < -0.3 is 10.2 Å². The van der Waals surface area contributed by atoms with Gasteiger partial charge in [0.2, 0.25) is 11.8 Å². The van der Waals surface area contributed by atoms with E-state index >= 15 is 0 Å². The molecule has 2 aliphatic rings. The Morgan fingerprint density at radius 1 is 1.35 bits per heavy atom. The maximum Gasteiger partial charge on any atom is 0.235 e. The minimum Gasteiger partial charge on any atom is -0.355 e. The summed E-state index contributed by atoms with van der Waals surface area (Å²) in [7, 11) is 0. The van der Waals surface area contributed by atoms with E-state index < -0.39 is 5.92 Å². The number of piperidine rings is 1. The number of carbonyl (C=O) groups excluding carboxylic acids is 2. The molecule has 0 aliphatic carbocycles. The summed E-state index contributed by atoms with van der Waals surface area (Å²) in [5, 5.41) is 11.7. The fourth-order valence-electron chi connectivity index (χ4n) is 3.14. The molecule has 1 N–H and O–H groups in total. The van der Waals surface area contributed by atoms with E-state index in [-0.39, 0.29) is 29.1 Å². The van der Waals surface area contributed by atoms with Crippen molar-refractivity contribution in [1.82, 2.24) is 10.2 Å². The van der Waals surface area contributed by atoms with Crippen LogP contribution in [0.15, 0.2) is 0 Å². The predicted molar refractivity (Wildman–Crippen MR) is 74.4 cm³/mol. The van der Waals surface area contributed by atoms with Gasteiger partial charge in [0.05, 0.1) is 6.07 Å². The van der Waals surface area contributed by atoms with E-state index in [9.17, 15) is 9.59 Å². The largest absolute Gasteiger partial charge is 0.355 e. The molecule has 2 heterocycles. The van der Waals surface area contributed by atoms with Crippen LogP contribution >= 0.6 is 0 Å². The van der Waals surface area contributed by atoms with Gasteiger partial charge in [-0.2, -0.15) is 5.26 Å². The number of rotatable bonds is 1. The van der Waals surface area contributed by atoms with E-state index in [1.165, 1.54) is 0 Å². The zero-order valence-corrected chi connectivity index (χ0v) is 12.5. The molecule has 0 spiro atoms.